The van der Waals surface area contributed by atoms with Crippen molar-refractivity contribution in [3.63, 3.8) is 0 Å². The van der Waals surface area contributed by atoms with Crippen LogP contribution in [0, 0.1) is 0 Å². The fraction of sp³-hybridized carbons (Fsp3) is 0.375. The molecule has 1 aliphatic carbocycles. The summed E-state index contributed by atoms with van der Waals surface area (Å²) in [4.78, 5) is 16.4. The van der Waals surface area contributed by atoms with Crippen LogP contribution in [0.4, 0.5) is 0 Å². The van der Waals surface area contributed by atoms with Crippen molar-refractivity contribution in [2.45, 2.75) is 30.5 Å². The highest BCUT2D eigenvalue weighted by atomic mass is 32.2. The van der Waals surface area contributed by atoms with E-state index < -0.39 is 0 Å². The van der Waals surface area contributed by atoms with Gasteiger partial charge in [0.05, 0.1) is 11.8 Å². The third-order valence-corrected chi connectivity index (χ3v) is 4.87. The Morgan fingerprint density at radius 2 is 2.33 bits per heavy atom. The fourth-order valence-corrected chi connectivity index (χ4v) is 3.50. The highest BCUT2D eigenvalue weighted by molar-refractivity contribution is 7.99. The van der Waals surface area contributed by atoms with Crippen molar-refractivity contribution >= 4 is 17.7 Å². The zero-order chi connectivity index (χ0) is 14.7. The first kappa shape index (κ1) is 14.2. The largest absolute Gasteiger partial charge is 0.349 e. The molecule has 2 aromatic rings. The molecule has 0 aliphatic heterocycles. The van der Waals surface area contributed by atoms with Gasteiger partial charge < -0.3 is 9.88 Å². The highest BCUT2D eigenvalue weighted by Gasteiger charge is 2.21. The van der Waals surface area contributed by atoms with Crippen LogP contribution in [-0.2, 0) is 18.3 Å². The van der Waals surface area contributed by atoms with Crippen LogP contribution in [0.25, 0.3) is 0 Å². The van der Waals surface area contributed by atoms with Crippen LogP contribution in [0.3, 0.4) is 0 Å². The molecule has 1 aromatic heterocycles. The number of carbonyl (C=O) groups is 1. The van der Waals surface area contributed by atoms with Gasteiger partial charge in [-0.05, 0) is 30.4 Å². The van der Waals surface area contributed by atoms with Crippen LogP contribution >= 0.6 is 11.8 Å². The predicted molar refractivity (Wildman–Crippen MR) is 84.2 cm³/mol. The summed E-state index contributed by atoms with van der Waals surface area (Å²) in [6.45, 7) is 0. The normalized spacial score (nSPS) is 17.3. The summed E-state index contributed by atoms with van der Waals surface area (Å²) in [5.41, 5.74) is 2.64. The number of nitrogens with zero attached hydrogens (tertiary/aromatic N) is 2. The van der Waals surface area contributed by atoms with Crippen molar-refractivity contribution in [1.82, 2.24) is 14.9 Å². The van der Waals surface area contributed by atoms with E-state index in [9.17, 15) is 4.79 Å². The first-order valence-electron chi connectivity index (χ1n) is 7.21. The molecule has 1 heterocycles. The molecule has 1 aromatic carbocycles. The molecule has 0 saturated carbocycles. The van der Waals surface area contributed by atoms with E-state index in [-0.39, 0.29) is 11.9 Å². The molecule has 5 heteroatoms. The van der Waals surface area contributed by atoms with Crippen molar-refractivity contribution in [2.24, 2.45) is 7.05 Å². The number of amides is 1. The molecule has 1 atom stereocenters. The lowest BCUT2D eigenvalue weighted by molar-refractivity contribution is -0.119. The molecule has 0 saturated heterocycles. The monoisotopic (exact) mass is 301 g/mol. The number of imidazole rings is 1. The molecular formula is C16H19N3OS. The third-order valence-electron chi connectivity index (χ3n) is 3.81. The van der Waals surface area contributed by atoms with E-state index in [2.05, 4.69) is 28.5 Å². The van der Waals surface area contributed by atoms with Gasteiger partial charge in [-0.25, -0.2) is 4.98 Å². The molecule has 1 amide bonds. The third kappa shape index (κ3) is 3.29. The molecule has 21 heavy (non-hydrogen) atoms. The molecule has 0 radical (unpaired) electrons. The number of rotatable bonds is 4. The van der Waals surface area contributed by atoms with Gasteiger partial charge in [-0.15, -0.1) is 0 Å². The van der Waals surface area contributed by atoms with Crippen LogP contribution in [0.1, 0.15) is 30.0 Å². The second-order valence-electron chi connectivity index (χ2n) is 5.32. The van der Waals surface area contributed by atoms with Crippen molar-refractivity contribution in [3.8, 4) is 0 Å². The average molecular weight is 301 g/mol. The number of fused-ring (bicyclic) bond motifs is 1. The lowest BCUT2D eigenvalue weighted by Gasteiger charge is -2.26. The van der Waals surface area contributed by atoms with Gasteiger partial charge in [0.2, 0.25) is 5.91 Å². The van der Waals surface area contributed by atoms with Gasteiger partial charge in [0.15, 0.2) is 5.16 Å². The van der Waals surface area contributed by atoms with E-state index in [0.29, 0.717) is 5.75 Å². The predicted octanol–water partition coefficient (Wildman–Crippen LogP) is 2.71. The van der Waals surface area contributed by atoms with Gasteiger partial charge in [-0.2, -0.15) is 0 Å². The van der Waals surface area contributed by atoms with E-state index in [1.54, 1.807) is 6.20 Å². The van der Waals surface area contributed by atoms with Crippen LogP contribution in [0.5, 0.6) is 0 Å². The quantitative estimate of drug-likeness (QED) is 0.883. The van der Waals surface area contributed by atoms with Crippen molar-refractivity contribution < 1.29 is 4.79 Å². The van der Waals surface area contributed by atoms with Crippen LogP contribution in [0.2, 0.25) is 0 Å². The Morgan fingerprint density at radius 3 is 3.14 bits per heavy atom. The molecule has 110 valence electrons. The summed E-state index contributed by atoms with van der Waals surface area (Å²) in [5, 5.41) is 4.03. The second-order valence-corrected chi connectivity index (χ2v) is 6.26. The number of hydrogen-bond acceptors (Lipinski definition) is 3. The maximum absolute atomic E-state index is 12.2. The Kier molecular flexibility index (Phi) is 4.29. The van der Waals surface area contributed by atoms with Gasteiger partial charge in [-0.3, -0.25) is 4.79 Å². The fourth-order valence-electron chi connectivity index (χ4n) is 2.76. The van der Waals surface area contributed by atoms with E-state index >= 15 is 0 Å². The standard InChI is InChI=1S/C16H19N3OS/c1-19-10-9-17-16(19)21-11-15(20)18-14-8-4-6-12-5-2-3-7-13(12)14/h2-3,5,7,9-10,14H,4,6,8,11H2,1H3,(H,18,20). The molecule has 1 unspecified atom stereocenters. The Bertz CT molecular complexity index is 638. The van der Waals surface area contributed by atoms with Crippen LogP contribution in [0.15, 0.2) is 41.8 Å². The molecular weight excluding hydrogens is 282 g/mol. The second kappa shape index (κ2) is 6.35. The average Bonchev–Trinajstić information content (AvgIpc) is 2.91. The van der Waals surface area contributed by atoms with E-state index in [0.717, 1.165) is 24.4 Å². The van der Waals surface area contributed by atoms with Crippen LogP contribution < -0.4 is 5.32 Å². The first-order valence-corrected chi connectivity index (χ1v) is 8.20. The Balaban J connectivity index is 1.60. The SMILES string of the molecule is Cn1ccnc1SCC(=O)NC1CCCc2ccccc21. The zero-order valence-corrected chi connectivity index (χ0v) is 12.9. The maximum Gasteiger partial charge on any atom is 0.230 e. The minimum absolute atomic E-state index is 0.0738. The molecule has 4 nitrogen and oxygen atoms in total. The van der Waals surface area contributed by atoms with Gasteiger partial charge >= 0.3 is 0 Å². The van der Waals surface area contributed by atoms with Gasteiger partial charge in [-0.1, -0.05) is 36.0 Å². The summed E-state index contributed by atoms with van der Waals surface area (Å²) >= 11 is 1.47. The molecule has 0 fully saturated rings. The van der Waals surface area contributed by atoms with E-state index in [1.807, 2.05) is 23.9 Å². The summed E-state index contributed by atoms with van der Waals surface area (Å²) < 4.78 is 1.92. The Labute approximate surface area is 129 Å². The number of benzene rings is 1. The molecule has 3 rings (SSSR count). The number of hydrogen-bond donors (Lipinski definition) is 1. The zero-order valence-electron chi connectivity index (χ0n) is 12.1. The number of aromatic nitrogens is 2. The van der Waals surface area contributed by atoms with Crippen LogP contribution in [-0.4, -0.2) is 21.2 Å². The number of carbonyl (C=O) groups excluding carboxylic acids is 1. The summed E-state index contributed by atoms with van der Waals surface area (Å²) in [6.07, 6.45) is 6.91. The summed E-state index contributed by atoms with van der Waals surface area (Å²) in [6, 6.07) is 8.57. The number of thioether (sulfide) groups is 1. The summed E-state index contributed by atoms with van der Waals surface area (Å²) in [7, 11) is 1.94. The smallest absolute Gasteiger partial charge is 0.230 e. The van der Waals surface area contributed by atoms with E-state index in [1.165, 1.54) is 22.9 Å². The molecule has 0 spiro atoms. The minimum Gasteiger partial charge on any atom is -0.349 e. The molecule has 0 bridgehead atoms. The topological polar surface area (TPSA) is 46.9 Å². The van der Waals surface area contributed by atoms with Crippen molar-refractivity contribution in [2.75, 3.05) is 5.75 Å². The lowest BCUT2D eigenvalue weighted by Crippen LogP contribution is -2.32. The summed E-state index contributed by atoms with van der Waals surface area (Å²) in [5.74, 6) is 0.480. The van der Waals surface area contributed by atoms with Gasteiger partial charge in [0.25, 0.3) is 0 Å². The Morgan fingerprint density at radius 1 is 1.48 bits per heavy atom. The molecule has 1 aliphatic rings. The number of nitrogens with one attached hydrogen (secondary N) is 1. The maximum atomic E-state index is 12.2. The molecule has 1 N–H and O–H groups in total. The van der Waals surface area contributed by atoms with E-state index in [4.69, 9.17) is 0 Å². The lowest BCUT2D eigenvalue weighted by atomic mass is 9.88. The highest BCUT2D eigenvalue weighted by Crippen LogP contribution is 2.29. The number of aryl methyl sites for hydroxylation is 2. The first-order chi connectivity index (χ1) is 10.2. The Hall–Kier alpha value is -1.75. The van der Waals surface area contributed by atoms with Gasteiger partial charge in [0, 0.05) is 19.4 Å². The van der Waals surface area contributed by atoms with Crippen molar-refractivity contribution in [3.05, 3.63) is 47.8 Å². The minimum atomic E-state index is 0.0738. The van der Waals surface area contributed by atoms with Gasteiger partial charge in [0.1, 0.15) is 0 Å². The van der Waals surface area contributed by atoms with Crippen molar-refractivity contribution in [1.29, 1.82) is 0 Å².